The fourth-order valence-electron chi connectivity index (χ4n) is 16.1. The van der Waals surface area contributed by atoms with E-state index in [4.69, 9.17) is 4.74 Å². The van der Waals surface area contributed by atoms with Crippen molar-refractivity contribution in [2.45, 2.75) is 167 Å². The zero-order valence-corrected chi connectivity index (χ0v) is 59.5. The van der Waals surface area contributed by atoms with Crippen LogP contribution < -0.4 is 25.4 Å². The van der Waals surface area contributed by atoms with E-state index in [2.05, 4.69) is 155 Å². The highest BCUT2D eigenvalue weighted by Gasteiger charge is 2.46. The molecule has 5 heterocycles. The van der Waals surface area contributed by atoms with E-state index in [-0.39, 0.29) is 65.4 Å². The van der Waals surface area contributed by atoms with Crippen LogP contribution in [0.4, 0.5) is 11.4 Å². The van der Waals surface area contributed by atoms with Crippen molar-refractivity contribution in [3.63, 3.8) is 0 Å². The van der Waals surface area contributed by atoms with Gasteiger partial charge in [-0.05, 0) is 201 Å². The van der Waals surface area contributed by atoms with Gasteiger partial charge in [0.1, 0.15) is 30.4 Å². The molecule has 5 aliphatic rings. The molecule has 512 valence electrons. The van der Waals surface area contributed by atoms with Crippen LogP contribution in [0.25, 0.3) is 33.2 Å². The third-order valence-electron chi connectivity index (χ3n) is 21.0. The second-order valence-electron chi connectivity index (χ2n) is 28.3. The predicted molar refractivity (Wildman–Crippen MR) is 395 cm³/mol. The number of aryl methyl sites for hydroxylation is 3. The summed E-state index contributed by atoms with van der Waals surface area (Å²) in [6.07, 6.45) is 23.6. The highest BCUT2D eigenvalue weighted by molar-refractivity contribution is 7.85. The van der Waals surface area contributed by atoms with Crippen molar-refractivity contribution in [1.82, 2.24) is 15.1 Å². The van der Waals surface area contributed by atoms with Crippen LogP contribution >= 0.6 is 0 Å². The van der Waals surface area contributed by atoms with Crippen molar-refractivity contribution in [2.75, 3.05) is 38.1 Å². The molecule has 0 saturated carbocycles. The molecule has 0 bridgehead atoms. The number of benzene rings is 7. The fourth-order valence-corrected chi connectivity index (χ4v) is 16.6. The van der Waals surface area contributed by atoms with Gasteiger partial charge in [-0.1, -0.05) is 125 Å². The average molecular weight is 1350 g/mol. The number of nitrogens with zero attached hydrogens (tertiary/aromatic N) is 4. The fraction of sp³-hybridized carbons (Fsp3) is 0.357. The Bertz CT molecular complexity index is 4860. The van der Waals surface area contributed by atoms with E-state index < -0.39 is 27.6 Å². The number of likely N-dealkylation sites (tertiary alicyclic amines) is 2. The molecule has 0 aliphatic carbocycles. The third-order valence-corrected chi connectivity index (χ3v) is 21.8. The molecule has 0 aromatic heterocycles. The van der Waals surface area contributed by atoms with Gasteiger partial charge in [-0.15, -0.1) is 0 Å². The van der Waals surface area contributed by atoms with Gasteiger partial charge >= 0.3 is 0 Å². The molecule has 0 spiro atoms. The first-order chi connectivity index (χ1) is 47.5. The zero-order valence-electron chi connectivity index (χ0n) is 58.7. The van der Waals surface area contributed by atoms with Crippen LogP contribution in [-0.4, -0.2) is 108 Å². The monoisotopic (exact) mass is 1350 g/mol. The summed E-state index contributed by atoms with van der Waals surface area (Å²) in [7, 11) is -2.30. The number of fused-ring (bicyclic) bond motifs is 8. The van der Waals surface area contributed by atoms with Crippen LogP contribution in [-0.2, 0) is 46.5 Å². The van der Waals surface area contributed by atoms with Gasteiger partial charge in [-0.3, -0.25) is 28.5 Å². The summed E-state index contributed by atoms with van der Waals surface area (Å²) in [5, 5.41) is 9.19. The lowest BCUT2D eigenvalue weighted by atomic mass is 9.79. The van der Waals surface area contributed by atoms with E-state index in [9.17, 15) is 36.9 Å². The zero-order chi connectivity index (χ0) is 70.1. The minimum Gasteiger partial charge on any atom is -0.456 e. The first kappa shape index (κ1) is 69.6. The van der Waals surface area contributed by atoms with Crippen molar-refractivity contribution >= 4 is 89.7 Å². The number of unbranched alkanes of at least 4 members (excludes halogenated alkanes) is 1. The SMILES string of the molecule is CC/C=c1/cc2c(cc1C)=C(c1ccccc1C(=O)NCCCC(=O)N1CCC[C@H]1C(=O)N1CCC[C@H]1C(=O)CC(=O)CCCCN1/C(=C/C=C/C=C/C=C/C3=[N+](C)c4ccc5cc(S(=O)(=O)O)ccc5c4C3(C)C)C(C)(C)c3c1ccc1ccccc31)c1cc(C)c(CCC)cc1O2. The molecule has 14 nitrogen and oxygen atoms in total. The number of carbonyl (C=O) groups is 5. The molecule has 2 saturated heterocycles. The molecule has 99 heavy (non-hydrogen) atoms. The summed E-state index contributed by atoms with van der Waals surface area (Å²) in [4.78, 5) is 76.0. The van der Waals surface area contributed by atoms with Crippen LogP contribution in [0.2, 0.25) is 0 Å². The van der Waals surface area contributed by atoms with Crippen LogP contribution in [0.1, 0.15) is 168 Å². The van der Waals surface area contributed by atoms with E-state index in [1.807, 2.05) is 67.7 Å². The molecule has 12 rings (SSSR count). The summed E-state index contributed by atoms with van der Waals surface area (Å²) >= 11 is 0. The lowest BCUT2D eigenvalue weighted by Gasteiger charge is -2.31. The lowest BCUT2D eigenvalue weighted by molar-refractivity contribution is -0.401. The van der Waals surface area contributed by atoms with Gasteiger partial charge in [0.25, 0.3) is 16.0 Å². The van der Waals surface area contributed by atoms with Gasteiger partial charge in [0, 0.05) is 95.4 Å². The second kappa shape index (κ2) is 28.9. The van der Waals surface area contributed by atoms with Crippen molar-refractivity contribution in [2.24, 2.45) is 0 Å². The molecular weight excluding hydrogens is 1260 g/mol. The highest BCUT2D eigenvalue weighted by atomic mass is 32.2. The normalized spacial score (nSPS) is 18.4. The van der Waals surface area contributed by atoms with E-state index in [1.54, 1.807) is 15.9 Å². The molecule has 2 fully saturated rings. The number of amides is 3. The highest BCUT2D eigenvalue weighted by Crippen LogP contribution is 2.51. The Hall–Kier alpha value is -9.31. The largest absolute Gasteiger partial charge is 0.456 e. The number of ether oxygens (including phenoxy) is 1. The van der Waals surface area contributed by atoms with Gasteiger partial charge in [-0.2, -0.15) is 13.0 Å². The van der Waals surface area contributed by atoms with Crippen molar-refractivity contribution in [3.8, 4) is 11.5 Å². The van der Waals surface area contributed by atoms with Crippen LogP contribution in [0.15, 0.2) is 168 Å². The maximum absolute atomic E-state index is 14.4. The number of allylic oxidation sites excluding steroid dienone is 8. The molecule has 0 unspecified atom stereocenters. The number of hydrogen-bond donors (Lipinski definition) is 2. The standard InChI is InChI=1S/C84H91N5O9S/c1-10-26-57-51-73-66(48-54(57)3)78(67-49-55(4)58(27-11-2)52-74(67)98-73)64-31-19-20-32-65(64)81(93)85-44-23-37-77(92)88-46-25-34-71(88)82(94)89-47-24-33-68(89)72(91)53-60(90)29-21-22-45-87-70-43-38-56-28-17-18-30-62(56)80(70)84(7,8)76(87)36-16-14-12-13-15-35-75-83(5,6)79-63-41-40-61(99(95,96)97)50-59(63)39-42-69(79)86(75)9/h12-20,26,28,30-32,35-36,38-43,48-52,68,71H,10-11,21-25,27,29,33-34,37,44-47,53H2,1-9H3,(H-,85,93,95,96,97)/p+1/b57-26-/t68-,71-/m0/s1. The minimum atomic E-state index is -4.34. The summed E-state index contributed by atoms with van der Waals surface area (Å²) in [5.74, 6) is 0.507. The molecule has 0 radical (unpaired) electrons. The molecule has 2 N–H and O–H groups in total. The summed E-state index contributed by atoms with van der Waals surface area (Å²) in [5.41, 5.74) is 12.7. The number of rotatable bonds is 23. The first-order valence-corrected chi connectivity index (χ1v) is 36.8. The maximum Gasteiger partial charge on any atom is 0.294 e. The van der Waals surface area contributed by atoms with E-state index >= 15 is 0 Å². The lowest BCUT2D eigenvalue weighted by Crippen LogP contribution is -2.51. The van der Waals surface area contributed by atoms with Crippen molar-refractivity contribution < 1.29 is 46.3 Å². The number of anilines is 1. The average Bonchev–Trinajstić information content (AvgIpc) is 1.67. The van der Waals surface area contributed by atoms with E-state index in [0.717, 1.165) is 103 Å². The molecule has 7 aromatic rings. The maximum atomic E-state index is 14.4. The quantitative estimate of drug-likeness (QED) is 0.0206. The number of carbonyl (C=O) groups excluding carboxylic acids is 5. The molecule has 2 atom stereocenters. The Morgan fingerprint density at radius 2 is 1.43 bits per heavy atom. The Kier molecular flexibility index (Phi) is 20.3. The molecular formula is C84H92N5O9S+. The predicted octanol–water partition coefficient (Wildman–Crippen LogP) is 14.6. The van der Waals surface area contributed by atoms with E-state index in [1.165, 1.54) is 39.6 Å². The van der Waals surface area contributed by atoms with Crippen molar-refractivity contribution in [1.29, 1.82) is 0 Å². The van der Waals surface area contributed by atoms with E-state index in [0.29, 0.717) is 70.1 Å². The Morgan fingerprint density at radius 1 is 0.707 bits per heavy atom. The van der Waals surface area contributed by atoms with Crippen LogP contribution in [0, 0.1) is 13.8 Å². The van der Waals surface area contributed by atoms with Gasteiger partial charge in [-0.25, -0.2) is 0 Å². The smallest absolute Gasteiger partial charge is 0.294 e. The Balaban J connectivity index is 0.644. The summed E-state index contributed by atoms with van der Waals surface area (Å²) in [6.45, 7) is 19.1. The molecule has 15 heteroatoms. The number of hydrogen-bond acceptors (Lipinski definition) is 9. The Morgan fingerprint density at radius 3 is 2.22 bits per heavy atom. The third kappa shape index (κ3) is 13.8. The molecule has 7 aromatic carbocycles. The topological polar surface area (TPSA) is 174 Å². The van der Waals surface area contributed by atoms with Gasteiger partial charge in [0.05, 0.1) is 22.8 Å². The van der Waals surface area contributed by atoms with Crippen molar-refractivity contribution in [3.05, 3.63) is 218 Å². The second-order valence-corrected chi connectivity index (χ2v) is 29.7. The minimum absolute atomic E-state index is 0.131. The van der Waals surface area contributed by atoms with Crippen LogP contribution in [0.3, 0.4) is 0 Å². The molecule has 3 amide bonds. The Labute approximate surface area is 582 Å². The summed E-state index contributed by atoms with van der Waals surface area (Å²) in [6, 6.07) is 36.4. The number of nitrogens with one attached hydrogen (secondary N) is 1. The van der Waals surface area contributed by atoms with Gasteiger partial charge < -0.3 is 24.8 Å². The van der Waals surface area contributed by atoms with Gasteiger partial charge in [0.2, 0.25) is 17.5 Å². The van der Waals surface area contributed by atoms with Gasteiger partial charge in [0.15, 0.2) is 11.5 Å². The number of Topliss-reactive ketones (excluding diaryl/α,β-unsaturated/α-hetero) is 2. The molecule has 5 aliphatic heterocycles. The number of ketones is 2. The van der Waals surface area contributed by atoms with Crippen LogP contribution in [0.5, 0.6) is 11.5 Å². The first-order valence-electron chi connectivity index (χ1n) is 35.4. The summed E-state index contributed by atoms with van der Waals surface area (Å²) < 4.78 is 42.4.